The molecule has 0 spiro atoms. The summed E-state index contributed by atoms with van der Waals surface area (Å²) in [4.78, 5) is 17.2. The molecular formula is C24H23N7O. The van der Waals surface area contributed by atoms with E-state index in [1.807, 2.05) is 67.7 Å². The second-order valence-corrected chi connectivity index (χ2v) is 7.58. The van der Waals surface area contributed by atoms with Crippen molar-refractivity contribution in [1.29, 1.82) is 0 Å². The van der Waals surface area contributed by atoms with E-state index in [1.165, 1.54) is 6.33 Å². The van der Waals surface area contributed by atoms with Gasteiger partial charge in [-0.05, 0) is 42.3 Å². The summed E-state index contributed by atoms with van der Waals surface area (Å²) in [5.74, 6) is 0.804. The van der Waals surface area contributed by atoms with Crippen LogP contribution >= 0.6 is 0 Å². The number of fused-ring (bicyclic) bond motifs is 1. The predicted molar refractivity (Wildman–Crippen MR) is 121 cm³/mol. The first-order chi connectivity index (χ1) is 15.7. The standard InChI is InChI=1S/C24H23N7O/c1-16-5-4-8-20(28-16)24-23(18-9-10-22-26-15-27-31(22)13-18)29-21(30-24)12-25-11-17-6-2-3-7-19(17)14-32/h2-10,13,15,25,32H,11-12,14H2,1H3,(H,29,30). The molecule has 0 aliphatic heterocycles. The highest BCUT2D eigenvalue weighted by molar-refractivity contribution is 5.77. The number of nitrogens with zero attached hydrogens (tertiary/aromatic N) is 5. The van der Waals surface area contributed by atoms with Gasteiger partial charge in [0, 0.05) is 24.0 Å². The molecule has 4 aromatic heterocycles. The van der Waals surface area contributed by atoms with Crippen LogP contribution in [0.15, 0.2) is 67.1 Å². The van der Waals surface area contributed by atoms with E-state index in [4.69, 9.17) is 9.97 Å². The Balaban J connectivity index is 1.46. The van der Waals surface area contributed by atoms with Crippen LogP contribution in [0.1, 0.15) is 22.6 Å². The summed E-state index contributed by atoms with van der Waals surface area (Å²) in [7, 11) is 0. The monoisotopic (exact) mass is 425 g/mol. The van der Waals surface area contributed by atoms with Crippen molar-refractivity contribution >= 4 is 5.65 Å². The molecule has 0 saturated heterocycles. The van der Waals surface area contributed by atoms with Crippen LogP contribution in [0.3, 0.4) is 0 Å². The smallest absolute Gasteiger partial charge is 0.155 e. The van der Waals surface area contributed by atoms with Crippen LogP contribution in [-0.4, -0.2) is 34.7 Å². The van der Waals surface area contributed by atoms with Crippen molar-refractivity contribution in [2.45, 2.75) is 26.6 Å². The molecule has 0 bridgehead atoms. The molecule has 4 heterocycles. The van der Waals surface area contributed by atoms with Gasteiger partial charge in [-0.2, -0.15) is 5.10 Å². The number of benzene rings is 1. The molecule has 0 fully saturated rings. The summed E-state index contributed by atoms with van der Waals surface area (Å²) in [5.41, 5.74) is 7.15. The Morgan fingerprint density at radius 3 is 2.69 bits per heavy atom. The lowest BCUT2D eigenvalue weighted by atomic mass is 10.1. The lowest BCUT2D eigenvalue weighted by molar-refractivity contribution is 0.280. The molecule has 0 saturated carbocycles. The average Bonchev–Trinajstić information content (AvgIpc) is 3.46. The van der Waals surface area contributed by atoms with Gasteiger partial charge in [0.05, 0.1) is 30.2 Å². The highest BCUT2D eigenvalue weighted by Crippen LogP contribution is 2.29. The maximum absolute atomic E-state index is 9.54. The molecule has 0 radical (unpaired) electrons. The molecule has 0 aliphatic rings. The van der Waals surface area contributed by atoms with Gasteiger partial charge in [-0.3, -0.25) is 4.98 Å². The Bertz CT molecular complexity index is 1370. The van der Waals surface area contributed by atoms with E-state index in [0.29, 0.717) is 13.1 Å². The zero-order valence-corrected chi connectivity index (χ0v) is 17.7. The van der Waals surface area contributed by atoms with Crippen LogP contribution < -0.4 is 5.32 Å². The molecule has 5 aromatic rings. The topological polar surface area (TPSA) is 104 Å². The van der Waals surface area contributed by atoms with E-state index in [-0.39, 0.29) is 6.61 Å². The molecule has 0 amide bonds. The molecule has 160 valence electrons. The molecule has 8 nitrogen and oxygen atoms in total. The van der Waals surface area contributed by atoms with Crippen molar-refractivity contribution in [2.24, 2.45) is 0 Å². The summed E-state index contributed by atoms with van der Waals surface area (Å²) in [6, 6.07) is 17.7. The number of rotatable bonds is 7. The molecule has 0 unspecified atom stereocenters. The molecule has 32 heavy (non-hydrogen) atoms. The van der Waals surface area contributed by atoms with Gasteiger partial charge >= 0.3 is 0 Å². The van der Waals surface area contributed by atoms with Gasteiger partial charge in [0.25, 0.3) is 0 Å². The average molecular weight is 425 g/mol. The Morgan fingerprint density at radius 1 is 0.969 bits per heavy atom. The third kappa shape index (κ3) is 4.01. The maximum atomic E-state index is 9.54. The normalized spacial score (nSPS) is 11.3. The van der Waals surface area contributed by atoms with Crippen molar-refractivity contribution in [3.63, 3.8) is 0 Å². The number of hydrogen-bond acceptors (Lipinski definition) is 6. The fourth-order valence-corrected chi connectivity index (χ4v) is 3.74. The number of nitrogens with one attached hydrogen (secondary N) is 2. The lowest BCUT2D eigenvalue weighted by Gasteiger charge is -2.07. The van der Waals surface area contributed by atoms with Crippen LogP contribution in [0.5, 0.6) is 0 Å². The van der Waals surface area contributed by atoms with E-state index >= 15 is 0 Å². The Morgan fingerprint density at radius 2 is 1.84 bits per heavy atom. The third-order valence-electron chi connectivity index (χ3n) is 5.34. The Hall–Kier alpha value is -3.88. The summed E-state index contributed by atoms with van der Waals surface area (Å²) >= 11 is 0. The van der Waals surface area contributed by atoms with Crippen molar-refractivity contribution in [1.82, 2.24) is 34.9 Å². The van der Waals surface area contributed by atoms with E-state index in [1.54, 1.807) is 4.52 Å². The van der Waals surface area contributed by atoms with Gasteiger partial charge < -0.3 is 15.4 Å². The second-order valence-electron chi connectivity index (χ2n) is 7.58. The minimum atomic E-state index is 0.0245. The first-order valence-corrected chi connectivity index (χ1v) is 10.4. The van der Waals surface area contributed by atoms with Crippen molar-refractivity contribution < 1.29 is 5.11 Å². The zero-order valence-electron chi connectivity index (χ0n) is 17.7. The fourth-order valence-electron chi connectivity index (χ4n) is 3.74. The van der Waals surface area contributed by atoms with Gasteiger partial charge in [0.2, 0.25) is 0 Å². The molecule has 1 aromatic carbocycles. The quantitative estimate of drug-likeness (QED) is 0.370. The van der Waals surface area contributed by atoms with Crippen LogP contribution in [0, 0.1) is 6.92 Å². The summed E-state index contributed by atoms with van der Waals surface area (Å²) < 4.78 is 1.74. The lowest BCUT2D eigenvalue weighted by Crippen LogP contribution is -2.15. The number of pyridine rings is 2. The molecule has 5 rings (SSSR count). The first kappa shape index (κ1) is 20.0. The van der Waals surface area contributed by atoms with Crippen LogP contribution in [-0.2, 0) is 19.7 Å². The zero-order chi connectivity index (χ0) is 21.9. The van der Waals surface area contributed by atoms with Crippen LogP contribution in [0.25, 0.3) is 28.3 Å². The summed E-state index contributed by atoms with van der Waals surface area (Å²) in [6.07, 6.45) is 3.46. The van der Waals surface area contributed by atoms with E-state index in [9.17, 15) is 5.11 Å². The third-order valence-corrected chi connectivity index (χ3v) is 5.34. The molecule has 3 N–H and O–H groups in total. The van der Waals surface area contributed by atoms with Gasteiger partial charge in [0.1, 0.15) is 12.2 Å². The Labute approximate surface area is 185 Å². The second kappa shape index (κ2) is 8.70. The number of imidazole rings is 1. The van der Waals surface area contributed by atoms with E-state index in [2.05, 4.69) is 20.4 Å². The van der Waals surface area contributed by atoms with Crippen molar-refractivity contribution in [3.8, 4) is 22.6 Å². The van der Waals surface area contributed by atoms with E-state index in [0.717, 1.165) is 50.9 Å². The Kier molecular flexibility index (Phi) is 5.45. The highest BCUT2D eigenvalue weighted by atomic mass is 16.3. The minimum absolute atomic E-state index is 0.0245. The number of H-pyrrole nitrogens is 1. The number of aryl methyl sites for hydroxylation is 1. The summed E-state index contributed by atoms with van der Waals surface area (Å²) in [6.45, 7) is 3.18. The van der Waals surface area contributed by atoms with Crippen LogP contribution in [0.2, 0.25) is 0 Å². The summed E-state index contributed by atoms with van der Waals surface area (Å²) in [5, 5.41) is 17.2. The number of aromatic nitrogens is 6. The number of aliphatic hydroxyl groups excluding tert-OH is 1. The largest absolute Gasteiger partial charge is 0.392 e. The number of aliphatic hydroxyl groups is 1. The molecule has 0 aliphatic carbocycles. The van der Waals surface area contributed by atoms with Gasteiger partial charge in [-0.25, -0.2) is 14.5 Å². The highest BCUT2D eigenvalue weighted by Gasteiger charge is 2.16. The van der Waals surface area contributed by atoms with Crippen LogP contribution in [0.4, 0.5) is 0 Å². The van der Waals surface area contributed by atoms with Gasteiger partial charge in [-0.15, -0.1) is 0 Å². The first-order valence-electron chi connectivity index (χ1n) is 10.4. The number of hydrogen-bond donors (Lipinski definition) is 3. The predicted octanol–water partition coefficient (Wildman–Crippen LogP) is 3.27. The van der Waals surface area contributed by atoms with Gasteiger partial charge in [-0.1, -0.05) is 30.3 Å². The van der Waals surface area contributed by atoms with Crippen molar-refractivity contribution in [2.75, 3.05) is 0 Å². The maximum Gasteiger partial charge on any atom is 0.155 e. The molecule has 0 atom stereocenters. The fraction of sp³-hybridized carbons (Fsp3) is 0.167. The molecular weight excluding hydrogens is 402 g/mol. The minimum Gasteiger partial charge on any atom is -0.392 e. The number of aromatic amines is 1. The van der Waals surface area contributed by atoms with E-state index < -0.39 is 0 Å². The SMILES string of the molecule is Cc1cccc(-c2[nH]c(CNCc3ccccc3CO)nc2-c2ccc3ncnn3c2)n1. The van der Waals surface area contributed by atoms with Gasteiger partial charge in [0.15, 0.2) is 5.65 Å². The molecule has 8 heteroatoms. The van der Waals surface area contributed by atoms with Crippen molar-refractivity contribution in [3.05, 3.63) is 89.8 Å².